The number of nitrogens with zero attached hydrogens (tertiary/aromatic N) is 5. The van der Waals surface area contributed by atoms with Gasteiger partial charge in [0.15, 0.2) is 16.8 Å². The van der Waals surface area contributed by atoms with Gasteiger partial charge in [0.1, 0.15) is 11.4 Å². The normalized spacial score (nSPS) is 13.7. The van der Waals surface area contributed by atoms with Gasteiger partial charge in [-0.3, -0.25) is 23.3 Å². The van der Waals surface area contributed by atoms with Crippen LogP contribution in [0.15, 0.2) is 45.2 Å². The molecule has 4 aromatic rings. The molecule has 0 spiro atoms. The van der Waals surface area contributed by atoms with Gasteiger partial charge in [-0.25, -0.2) is 4.79 Å². The number of aromatic amines is 1. The first-order valence-electron chi connectivity index (χ1n) is 11.5. The summed E-state index contributed by atoms with van der Waals surface area (Å²) in [7, 11) is 1.36. The van der Waals surface area contributed by atoms with Crippen LogP contribution in [0.4, 0.5) is 5.82 Å². The molecule has 3 heterocycles. The van der Waals surface area contributed by atoms with Crippen molar-refractivity contribution < 1.29 is 4.79 Å². The number of hydrogen-bond donors (Lipinski definition) is 2. The van der Waals surface area contributed by atoms with Gasteiger partial charge in [-0.1, -0.05) is 43.8 Å². The molecule has 0 atom stereocenters. The summed E-state index contributed by atoms with van der Waals surface area (Å²) in [4.78, 5) is 41.8. The number of hydrogen-bond acceptors (Lipinski definition) is 7. The molecule has 1 fully saturated rings. The monoisotopic (exact) mass is 493 g/mol. The molecule has 0 unspecified atom stereocenters. The van der Waals surface area contributed by atoms with Crippen LogP contribution in [0, 0.1) is 5.92 Å². The first-order chi connectivity index (χ1) is 16.8. The van der Waals surface area contributed by atoms with Crippen molar-refractivity contribution in [2.24, 2.45) is 13.0 Å². The lowest BCUT2D eigenvalue weighted by Crippen LogP contribution is -2.43. The molecule has 0 aliphatic heterocycles. The molecule has 182 valence electrons. The summed E-state index contributed by atoms with van der Waals surface area (Å²) in [5, 5.41) is 10.5. The number of anilines is 1. The lowest BCUT2D eigenvalue weighted by Gasteiger charge is -2.16. The molecule has 0 bridgehead atoms. The molecule has 10 nitrogen and oxygen atoms in total. The second kappa shape index (κ2) is 8.88. The molecule has 1 aliphatic rings. The fraction of sp³-hybridized carbons (Fsp3) is 0.375. The van der Waals surface area contributed by atoms with Crippen LogP contribution in [0.2, 0.25) is 0 Å². The summed E-state index contributed by atoms with van der Waals surface area (Å²) in [6, 6.07) is 8.27. The third-order valence-corrected chi connectivity index (χ3v) is 7.09. The molecule has 0 radical (unpaired) electrons. The first-order valence-corrected chi connectivity index (χ1v) is 12.5. The average molecular weight is 494 g/mol. The van der Waals surface area contributed by atoms with Gasteiger partial charge in [0, 0.05) is 42.3 Å². The van der Waals surface area contributed by atoms with Crippen LogP contribution in [-0.2, 0) is 13.6 Å². The van der Waals surface area contributed by atoms with Gasteiger partial charge in [-0.15, -0.1) is 10.2 Å². The van der Waals surface area contributed by atoms with E-state index in [1.54, 1.807) is 0 Å². The predicted molar refractivity (Wildman–Crippen MR) is 136 cm³/mol. The number of rotatable bonds is 8. The van der Waals surface area contributed by atoms with Gasteiger partial charge in [-0.05, 0) is 24.8 Å². The quantitative estimate of drug-likeness (QED) is 0.285. The van der Waals surface area contributed by atoms with Crippen molar-refractivity contribution in [1.82, 2.24) is 28.9 Å². The Balaban J connectivity index is 1.46. The highest BCUT2D eigenvalue weighted by atomic mass is 32.2. The zero-order chi connectivity index (χ0) is 24.9. The maximum absolute atomic E-state index is 13.2. The molecule has 1 saturated carbocycles. The molecule has 3 aromatic heterocycles. The minimum absolute atomic E-state index is 0.0436. The number of thioether (sulfide) groups is 1. The molecular formula is C24H27N7O3S. The highest BCUT2D eigenvalue weighted by molar-refractivity contribution is 7.99. The number of Topliss-reactive ketones (excluding diaryl/α,β-unsaturated/α-hetero) is 1. The highest BCUT2D eigenvalue weighted by Gasteiger charge is 2.31. The van der Waals surface area contributed by atoms with E-state index in [1.807, 2.05) is 44.3 Å². The van der Waals surface area contributed by atoms with Crippen LogP contribution < -0.4 is 17.0 Å². The molecular weight excluding hydrogens is 466 g/mol. The minimum atomic E-state index is -0.679. The van der Waals surface area contributed by atoms with E-state index in [-0.39, 0.29) is 29.1 Å². The molecule has 1 aromatic carbocycles. The second-order valence-electron chi connectivity index (χ2n) is 9.28. The van der Waals surface area contributed by atoms with Crippen LogP contribution in [-0.4, -0.2) is 40.4 Å². The Labute approximate surface area is 205 Å². The highest BCUT2D eigenvalue weighted by Crippen LogP contribution is 2.42. The van der Waals surface area contributed by atoms with Crippen LogP contribution in [0.25, 0.3) is 22.3 Å². The maximum atomic E-state index is 13.2. The summed E-state index contributed by atoms with van der Waals surface area (Å²) in [6.07, 6.45) is 3.96. The Morgan fingerprint density at radius 3 is 2.69 bits per heavy atom. The van der Waals surface area contributed by atoms with E-state index in [2.05, 4.69) is 19.7 Å². The minimum Gasteiger partial charge on any atom is -0.384 e. The van der Waals surface area contributed by atoms with Gasteiger partial charge in [-0.2, -0.15) is 0 Å². The van der Waals surface area contributed by atoms with Crippen molar-refractivity contribution in [3.05, 3.63) is 56.9 Å². The molecule has 0 amide bonds. The van der Waals surface area contributed by atoms with Crippen molar-refractivity contribution >= 4 is 34.3 Å². The number of nitrogens with two attached hydrogens (primary N) is 1. The van der Waals surface area contributed by atoms with Gasteiger partial charge < -0.3 is 10.7 Å². The summed E-state index contributed by atoms with van der Waals surface area (Å²) in [5.74, 6) is 0.300. The van der Waals surface area contributed by atoms with E-state index < -0.39 is 17.0 Å². The number of carbonyl (C=O) groups is 1. The Morgan fingerprint density at radius 2 is 1.97 bits per heavy atom. The number of nitrogen functional groups attached to an aromatic ring is 1. The topological polar surface area (TPSA) is 134 Å². The lowest BCUT2D eigenvalue weighted by atomic mass is 10.1. The van der Waals surface area contributed by atoms with E-state index in [0.717, 1.165) is 39.7 Å². The molecule has 5 rings (SSSR count). The average Bonchev–Trinajstić information content (AvgIpc) is 3.44. The number of ketones is 1. The van der Waals surface area contributed by atoms with Crippen LogP contribution in [0.3, 0.4) is 0 Å². The first kappa shape index (κ1) is 23.2. The number of fused-ring (bicyclic) bond motifs is 1. The van der Waals surface area contributed by atoms with Crippen molar-refractivity contribution in [2.45, 2.75) is 44.4 Å². The van der Waals surface area contributed by atoms with Gasteiger partial charge in [0.05, 0.1) is 5.75 Å². The van der Waals surface area contributed by atoms with Crippen molar-refractivity contribution in [3.8, 4) is 11.4 Å². The Bertz CT molecular complexity index is 1560. The van der Waals surface area contributed by atoms with Crippen molar-refractivity contribution in [1.29, 1.82) is 0 Å². The van der Waals surface area contributed by atoms with E-state index in [9.17, 15) is 14.4 Å². The van der Waals surface area contributed by atoms with E-state index >= 15 is 0 Å². The third kappa shape index (κ3) is 4.09. The SMILES string of the molecule is CC(C)Cn1c(N)c(C(=O)CSc2nnc(-c3c[nH]c4ccccc34)n2C2CC2)c(=O)n(C)c1=O. The van der Waals surface area contributed by atoms with Crippen molar-refractivity contribution in [3.63, 3.8) is 0 Å². The third-order valence-electron chi connectivity index (χ3n) is 6.15. The van der Waals surface area contributed by atoms with E-state index in [1.165, 1.54) is 23.4 Å². The van der Waals surface area contributed by atoms with Crippen LogP contribution in [0.5, 0.6) is 0 Å². The molecule has 0 saturated heterocycles. The summed E-state index contributed by atoms with van der Waals surface area (Å²) < 4.78 is 4.32. The fourth-order valence-corrected chi connectivity index (χ4v) is 5.14. The number of benzene rings is 1. The molecule has 11 heteroatoms. The standard InChI is InChI=1S/C24H27N7O3S/c1-13(2)11-30-20(25)19(22(33)29(3)24(30)34)18(32)12-35-23-28-27-21(31(23)14-8-9-14)16-10-26-17-7-5-4-6-15(16)17/h4-7,10,13-14,26H,8-9,11-12,25H2,1-3H3. The largest absolute Gasteiger partial charge is 0.384 e. The predicted octanol–water partition coefficient (Wildman–Crippen LogP) is 2.83. The summed E-state index contributed by atoms with van der Waals surface area (Å²) in [5.41, 5.74) is 6.77. The van der Waals surface area contributed by atoms with Crippen LogP contribution >= 0.6 is 11.8 Å². The fourth-order valence-electron chi connectivity index (χ4n) is 4.27. The Kier molecular flexibility index (Phi) is 5.87. The maximum Gasteiger partial charge on any atom is 0.332 e. The zero-order valence-electron chi connectivity index (χ0n) is 19.8. The van der Waals surface area contributed by atoms with Crippen molar-refractivity contribution in [2.75, 3.05) is 11.5 Å². The van der Waals surface area contributed by atoms with E-state index in [4.69, 9.17) is 5.73 Å². The number of nitrogens with one attached hydrogen (secondary N) is 1. The molecule has 1 aliphatic carbocycles. The van der Waals surface area contributed by atoms with E-state index in [0.29, 0.717) is 11.7 Å². The Morgan fingerprint density at radius 1 is 1.23 bits per heavy atom. The van der Waals surface area contributed by atoms with Gasteiger partial charge in [0.2, 0.25) is 0 Å². The number of para-hydroxylation sites is 1. The lowest BCUT2D eigenvalue weighted by molar-refractivity contribution is 0.102. The summed E-state index contributed by atoms with van der Waals surface area (Å²) >= 11 is 1.23. The van der Waals surface area contributed by atoms with Gasteiger partial charge in [0.25, 0.3) is 5.56 Å². The van der Waals surface area contributed by atoms with Crippen LogP contribution in [0.1, 0.15) is 43.1 Å². The smallest absolute Gasteiger partial charge is 0.332 e. The number of H-pyrrole nitrogens is 1. The second-order valence-corrected chi connectivity index (χ2v) is 10.2. The molecule has 3 N–H and O–H groups in total. The summed E-state index contributed by atoms with van der Waals surface area (Å²) in [6.45, 7) is 4.19. The number of carbonyl (C=O) groups excluding carboxylic acids is 1. The zero-order valence-corrected chi connectivity index (χ0v) is 20.6. The number of aromatic nitrogens is 6. The van der Waals surface area contributed by atoms with Gasteiger partial charge >= 0.3 is 5.69 Å². The Hall–Kier alpha value is -3.60. The molecule has 35 heavy (non-hydrogen) atoms.